The molecule has 1 N–H and O–H groups in total. The van der Waals surface area contributed by atoms with Crippen molar-refractivity contribution in [3.05, 3.63) is 66.2 Å². The van der Waals surface area contributed by atoms with E-state index < -0.39 is 0 Å². The fraction of sp³-hybridized carbons (Fsp3) is 0.222. The van der Waals surface area contributed by atoms with E-state index in [-0.39, 0.29) is 0 Å². The molecule has 3 rings (SSSR count). The Bertz CT molecular complexity index is 598. The second kappa shape index (κ2) is 5.31. The zero-order valence-corrected chi connectivity index (χ0v) is 11.2. The first-order valence-corrected chi connectivity index (χ1v) is 6.94. The molecule has 1 aliphatic carbocycles. The largest absolute Gasteiger partial charge is 0.385 e. The van der Waals surface area contributed by atoms with E-state index in [2.05, 4.69) is 54.4 Å². The predicted molar refractivity (Wildman–Crippen MR) is 82.6 cm³/mol. The highest BCUT2D eigenvalue weighted by atomic mass is 14.9. The highest BCUT2D eigenvalue weighted by molar-refractivity contribution is 5.78. The van der Waals surface area contributed by atoms with Crippen LogP contribution in [0.3, 0.4) is 0 Å². The van der Waals surface area contributed by atoms with E-state index in [0.29, 0.717) is 0 Å². The molecule has 2 aromatic rings. The molecule has 0 heterocycles. The zero-order chi connectivity index (χ0) is 13.1. The van der Waals surface area contributed by atoms with Gasteiger partial charge in [0.2, 0.25) is 0 Å². The van der Waals surface area contributed by atoms with Crippen LogP contribution in [0.1, 0.15) is 24.0 Å². The minimum Gasteiger partial charge on any atom is -0.385 e. The predicted octanol–water partition coefficient (Wildman–Crippen LogP) is 4.64. The van der Waals surface area contributed by atoms with Gasteiger partial charge in [0.05, 0.1) is 0 Å². The third-order valence-corrected chi connectivity index (χ3v) is 3.71. The second-order valence-electron chi connectivity index (χ2n) is 5.06. The molecule has 0 amide bonds. The number of allylic oxidation sites excluding steroid dienone is 1. The van der Waals surface area contributed by atoms with Gasteiger partial charge in [-0.05, 0) is 53.6 Å². The van der Waals surface area contributed by atoms with Gasteiger partial charge in [-0.1, -0.05) is 36.4 Å². The van der Waals surface area contributed by atoms with Crippen molar-refractivity contribution in [1.82, 2.24) is 0 Å². The molecule has 0 fully saturated rings. The summed E-state index contributed by atoms with van der Waals surface area (Å²) in [4.78, 5) is 0. The highest BCUT2D eigenvalue weighted by Gasteiger charge is 2.17. The molecule has 2 aromatic carbocycles. The average molecular weight is 249 g/mol. The number of anilines is 1. The van der Waals surface area contributed by atoms with Crippen molar-refractivity contribution in [2.45, 2.75) is 19.3 Å². The van der Waals surface area contributed by atoms with E-state index in [1.165, 1.54) is 27.9 Å². The van der Waals surface area contributed by atoms with Crippen molar-refractivity contribution in [2.24, 2.45) is 0 Å². The fourth-order valence-electron chi connectivity index (χ4n) is 2.73. The van der Waals surface area contributed by atoms with E-state index in [9.17, 15) is 0 Å². The van der Waals surface area contributed by atoms with Gasteiger partial charge in [-0.2, -0.15) is 0 Å². The number of nitrogens with one attached hydrogen (secondary N) is 1. The third-order valence-electron chi connectivity index (χ3n) is 3.71. The second-order valence-corrected chi connectivity index (χ2v) is 5.06. The molecule has 0 aromatic heterocycles. The SMILES string of the molecule is C=CCCCNc1ccc2c(c1)Cc1ccccc1-2. The van der Waals surface area contributed by atoms with Crippen LogP contribution in [0, 0.1) is 0 Å². The molecule has 0 radical (unpaired) electrons. The van der Waals surface area contributed by atoms with Crippen LogP contribution >= 0.6 is 0 Å². The number of benzene rings is 2. The van der Waals surface area contributed by atoms with Gasteiger partial charge in [0.25, 0.3) is 0 Å². The molecule has 0 bridgehead atoms. The smallest absolute Gasteiger partial charge is 0.0343 e. The summed E-state index contributed by atoms with van der Waals surface area (Å²) in [5.41, 5.74) is 6.91. The third kappa shape index (κ3) is 2.41. The fourth-order valence-corrected chi connectivity index (χ4v) is 2.73. The number of unbranched alkanes of at least 4 members (excludes halogenated alkanes) is 1. The van der Waals surface area contributed by atoms with Crippen molar-refractivity contribution in [1.29, 1.82) is 0 Å². The van der Waals surface area contributed by atoms with E-state index in [0.717, 1.165) is 25.8 Å². The van der Waals surface area contributed by atoms with Gasteiger partial charge < -0.3 is 5.32 Å². The summed E-state index contributed by atoms with van der Waals surface area (Å²) in [5, 5.41) is 3.49. The summed E-state index contributed by atoms with van der Waals surface area (Å²) in [5.74, 6) is 0. The molecule has 1 aliphatic rings. The van der Waals surface area contributed by atoms with E-state index in [1.807, 2.05) is 6.08 Å². The summed E-state index contributed by atoms with van der Waals surface area (Å²) >= 11 is 0. The zero-order valence-electron chi connectivity index (χ0n) is 11.2. The minimum absolute atomic E-state index is 1.01. The lowest BCUT2D eigenvalue weighted by atomic mass is 10.1. The molecule has 0 spiro atoms. The molecule has 1 nitrogen and oxygen atoms in total. The van der Waals surface area contributed by atoms with Crippen LogP contribution < -0.4 is 5.32 Å². The molecular formula is C18H19N. The summed E-state index contributed by atoms with van der Waals surface area (Å²) in [6.07, 6.45) is 5.25. The minimum atomic E-state index is 1.01. The monoisotopic (exact) mass is 249 g/mol. The molecule has 0 aliphatic heterocycles. The summed E-state index contributed by atoms with van der Waals surface area (Å²) < 4.78 is 0. The van der Waals surface area contributed by atoms with Crippen LogP contribution in [0.25, 0.3) is 11.1 Å². The highest BCUT2D eigenvalue weighted by Crippen LogP contribution is 2.37. The Morgan fingerprint density at radius 1 is 1.05 bits per heavy atom. The molecular weight excluding hydrogens is 230 g/mol. The quantitative estimate of drug-likeness (QED) is 0.513. The molecule has 0 atom stereocenters. The lowest BCUT2D eigenvalue weighted by Crippen LogP contribution is -2.01. The van der Waals surface area contributed by atoms with Crippen LogP contribution in [0.4, 0.5) is 5.69 Å². The number of hydrogen-bond donors (Lipinski definition) is 1. The molecule has 0 saturated heterocycles. The molecule has 19 heavy (non-hydrogen) atoms. The maximum absolute atomic E-state index is 3.75. The van der Waals surface area contributed by atoms with Gasteiger partial charge in [0, 0.05) is 12.2 Å². The number of rotatable bonds is 5. The first kappa shape index (κ1) is 12.0. The van der Waals surface area contributed by atoms with E-state index in [1.54, 1.807) is 0 Å². The van der Waals surface area contributed by atoms with Gasteiger partial charge in [-0.25, -0.2) is 0 Å². The lowest BCUT2D eigenvalue weighted by molar-refractivity contribution is 0.891. The Balaban J connectivity index is 1.76. The maximum Gasteiger partial charge on any atom is 0.0343 e. The van der Waals surface area contributed by atoms with Gasteiger partial charge in [0.15, 0.2) is 0 Å². The Morgan fingerprint density at radius 2 is 1.89 bits per heavy atom. The normalized spacial score (nSPS) is 11.8. The van der Waals surface area contributed by atoms with Crippen molar-refractivity contribution in [3.8, 4) is 11.1 Å². The van der Waals surface area contributed by atoms with Crippen molar-refractivity contribution >= 4 is 5.69 Å². The topological polar surface area (TPSA) is 12.0 Å². The van der Waals surface area contributed by atoms with E-state index in [4.69, 9.17) is 0 Å². The van der Waals surface area contributed by atoms with Crippen LogP contribution in [-0.2, 0) is 6.42 Å². The first-order chi connectivity index (χ1) is 9.38. The summed E-state index contributed by atoms with van der Waals surface area (Å²) in [7, 11) is 0. The van der Waals surface area contributed by atoms with Crippen LogP contribution in [0.5, 0.6) is 0 Å². The van der Waals surface area contributed by atoms with Gasteiger partial charge in [-0.15, -0.1) is 6.58 Å². The van der Waals surface area contributed by atoms with Crippen molar-refractivity contribution < 1.29 is 0 Å². The van der Waals surface area contributed by atoms with Gasteiger partial charge >= 0.3 is 0 Å². The van der Waals surface area contributed by atoms with Gasteiger partial charge in [0.1, 0.15) is 0 Å². The van der Waals surface area contributed by atoms with Crippen LogP contribution in [-0.4, -0.2) is 6.54 Å². The summed E-state index contributed by atoms with van der Waals surface area (Å²) in [6.45, 7) is 4.76. The summed E-state index contributed by atoms with van der Waals surface area (Å²) in [6, 6.07) is 15.4. The molecule has 1 heteroatoms. The van der Waals surface area contributed by atoms with Crippen LogP contribution in [0.15, 0.2) is 55.1 Å². The Morgan fingerprint density at radius 3 is 2.79 bits per heavy atom. The lowest BCUT2D eigenvalue weighted by Gasteiger charge is -2.08. The maximum atomic E-state index is 3.75. The average Bonchev–Trinajstić information content (AvgIpc) is 2.81. The Kier molecular flexibility index (Phi) is 3.37. The van der Waals surface area contributed by atoms with E-state index >= 15 is 0 Å². The number of fused-ring (bicyclic) bond motifs is 3. The van der Waals surface area contributed by atoms with Crippen molar-refractivity contribution in [3.63, 3.8) is 0 Å². The van der Waals surface area contributed by atoms with Crippen LogP contribution in [0.2, 0.25) is 0 Å². The molecule has 0 unspecified atom stereocenters. The molecule has 96 valence electrons. The molecule has 0 saturated carbocycles. The number of hydrogen-bond acceptors (Lipinski definition) is 1. The van der Waals surface area contributed by atoms with Crippen molar-refractivity contribution in [2.75, 3.05) is 11.9 Å². The Hall–Kier alpha value is -2.02. The van der Waals surface area contributed by atoms with Gasteiger partial charge in [-0.3, -0.25) is 0 Å². The Labute approximate surface area is 115 Å². The standard InChI is InChI=1S/C18H19N/c1-2-3-6-11-19-16-9-10-18-15(13-16)12-14-7-4-5-8-17(14)18/h2,4-5,7-10,13,19H,1,3,6,11-12H2. The first-order valence-electron chi connectivity index (χ1n) is 6.94.